The number of imide groups is 1. The Morgan fingerprint density at radius 3 is 2.76 bits per heavy atom. The molecule has 7 heteroatoms. The summed E-state index contributed by atoms with van der Waals surface area (Å²) in [5.74, 6) is 0.961. The van der Waals surface area contributed by atoms with E-state index in [-0.39, 0.29) is 24.5 Å². The number of carbonyl (C=O) groups excluding carboxylic acids is 2. The van der Waals surface area contributed by atoms with Crippen molar-refractivity contribution in [3.63, 3.8) is 0 Å². The van der Waals surface area contributed by atoms with E-state index in [1.807, 2.05) is 0 Å². The van der Waals surface area contributed by atoms with E-state index in [2.05, 4.69) is 22.5 Å². The highest BCUT2D eigenvalue weighted by molar-refractivity contribution is 9.10. The van der Waals surface area contributed by atoms with Crippen molar-refractivity contribution in [2.75, 3.05) is 13.3 Å². The van der Waals surface area contributed by atoms with Gasteiger partial charge in [0.05, 0.1) is 4.91 Å². The number of fused-ring (bicyclic) bond motifs is 1. The number of carbonyl (C=O) groups is 2. The molecule has 0 bridgehead atoms. The van der Waals surface area contributed by atoms with E-state index in [1.54, 1.807) is 18.2 Å². The van der Waals surface area contributed by atoms with Gasteiger partial charge in [0, 0.05) is 11.0 Å². The van der Waals surface area contributed by atoms with Crippen molar-refractivity contribution < 1.29 is 19.1 Å². The molecule has 1 fully saturated rings. The first-order chi connectivity index (χ1) is 10.1. The van der Waals surface area contributed by atoms with Gasteiger partial charge in [0.1, 0.15) is 0 Å². The zero-order chi connectivity index (χ0) is 15.0. The first-order valence-electron chi connectivity index (χ1n) is 6.05. The van der Waals surface area contributed by atoms with Crippen LogP contribution in [0, 0.1) is 0 Å². The largest absolute Gasteiger partial charge is 0.454 e. The Balaban J connectivity index is 1.94. The highest BCUT2D eigenvalue weighted by atomic mass is 79.9. The van der Waals surface area contributed by atoms with E-state index >= 15 is 0 Å². The number of hydrogen-bond acceptors (Lipinski definition) is 5. The van der Waals surface area contributed by atoms with Crippen molar-refractivity contribution in [3.05, 3.63) is 39.7 Å². The van der Waals surface area contributed by atoms with Crippen LogP contribution in [0.2, 0.25) is 0 Å². The Morgan fingerprint density at radius 2 is 2.05 bits per heavy atom. The maximum absolute atomic E-state index is 12.2. The highest BCUT2D eigenvalue weighted by Gasteiger charge is 2.34. The lowest BCUT2D eigenvalue weighted by Crippen LogP contribution is -2.27. The highest BCUT2D eigenvalue weighted by Crippen LogP contribution is 2.39. The number of benzene rings is 1. The predicted molar refractivity (Wildman–Crippen MR) is 83.1 cm³/mol. The molecule has 0 saturated carbocycles. The SMILES string of the molecule is C=CCN1C(=O)S/C(=C\c2cc3c(cc2Br)OCO3)C1=O. The molecular weight excluding hydrogens is 358 g/mol. The van der Waals surface area contributed by atoms with Crippen LogP contribution in [0.1, 0.15) is 5.56 Å². The average Bonchev–Trinajstić information content (AvgIpc) is 2.99. The number of rotatable bonds is 3. The first-order valence-corrected chi connectivity index (χ1v) is 7.66. The third-order valence-electron chi connectivity index (χ3n) is 2.96. The van der Waals surface area contributed by atoms with E-state index in [0.29, 0.717) is 16.4 Å². The van der Waals surface area contributed by atoms with E-state index < -0.39 is 0 Å². The molecule has 108 valence electrons. The van der Waals surface area contributed by atoms with Crippen LogP contribution < -0.4 is 9.47 Å². The van der Waals surface area contributed by atoms with Gasteiger partial charge in [-0.15, -0.1) is 6.58 Å². The Morgan fingerprint density at radius 1 is 1.33 bits per heavy atom. The van der Waals surface area contributed by atoms with Crippen molar-refractivity contribution in [1.29, 1.82) is 0 Å². The van der Waals surface area contributed by atoms with Crippen molar-refractivity contribution in [2.45, 2.75) is 0 Å². The van der Waals surface area contributed by atoms with Gasteiger partial charge in [-0.25, -0.2) is 0 Å². The molecule has 0 radical (unpaired) electrons. The molecule has 3 rings (SSSR count). The van der Waals surface area contributed by atoms with Gasteiger partial charge in [0.25, 0.3) is 11.1 Å². The van der Waals surface area contributed by atoms with Crippen molar-refractivity contribution >= 4 is 44.9 Å². The van der Waals surface area contributed by atoms with Crippen LogP contribution in [-0.4, -0.2) is 29.4 Å². The summed E-state index contributed by atoms with van der Waals surface area (Å²) in [6.07, 6.45) is 3.19. The van der Waals surface area contributed by atoms with Crippen LogP contribution in [0.4, 0.5) is 4.79 Å². The molecule has 2 heterocycles. The minimum atomic E-state index is -0.311. The van der Waals surface area contributed by atoms with Gasteiger partial charge < -0.3 is 9.47 Å². The maximum Gasteiger partial charge on any atom is 0.293 e. The van der Waals surface area contributed by atoms with Gasteiger partial charge in [0.2, 0.25) is 6.79 Å². The van der Waals surface area contributed by atoms with Crippen LogP contribution >= 0.6 is 27.7 Å². The molecule has 1 aromatic rings. The normalized spacial score (nSPS) is 18.7. The first kappa shape index (κ1) is 14.2. The molecule has 2 aliphatic rings. The maximum atomic E-state index is 12.2. The summed E-state index contributed by atoms with van der Waals surface area (Å²) in [5, 5.41) is -0.289. The molecule has 0 N–H and O–H groups in total. The molecule has 0 spiro atoms. The van der Waals surface area contributed by atoms with Gasteiger partial charge in [-0.1, -0.05) is 22.0 Å². The summed E-state index contributed by atoms with van der Waals surface area (Å²) in [6.45, 7) is 3.94. The van der Waals surface area contributed by atoms with Crippen molar-refractivity contribution in [2.24, 2.45) is 0 Å². The van der Waals surface area contributed by atoms with Crippen LogP contribution in [0.5, 0.6) is 11.5 Å². The molecule has 0 aromatic heterocycles. The molecule has 0 aliphatic carbocycles. The van der Waals surface area contributed by atoms with Crippen LogP contribution in [0.15, 0.2) is 34.2 Å². The minimum Gasteiger partial charge on any atom is -0.454 e. The predicted octanol–water partition coefficient (Wildman–Crippen LogP) is 3.40. The number of hydrogen-bond donors (Lipinski definition) is 0. The second-order valence-electron chi connectivity index (χ2n) is 4.31. The number of halogens is 1. The quantitative estimate of drug-likeness (QED) is 0.605. The van der Waals surface area contributed by atoms with Gasteiger partial charge in [-0.05, 0) is 35.5 Å². The molecule has 1 aromatic carbocycles. The molecule has 21 heavy (non-hydrogen) atoms. The van der Waals surface area contributed by atoms with Gasteiger partial charge in [0.15, 0.2) is 11.5 Å². The third-order valence-corrected chi connectivity index (χ3v) is 4.56. The van der Waals surface area contributed by atoms with Crippen LogP contribution in [-0.2, 0) is 4.79 Å². The van der Waals surface area contributed by atoms with E-state index in [1.165, 1.54) is 6.08 Å². The number of nitrogens with zero attached hydrogens (tertiary/aromatic N) is 1. The Bertz CT molecular complexity index is 686. The third kappa shape index (κ3) is 2.58. The van der Waals surface area contributed by atoms with E-state index in [9.17, 15) is 9.59 Å². The molecule has 0 unspecified atom stereocenters. The average molecular weight is 368 g/mol. The van der Waals surface area contributed by atoms with Gasteiger partial charge in [-0.2, -0.15) is 0 Å². The van der Waals surface area contributed by atoms with Crippen molar-refractivity contribution in [3.8, 4) is 11.5 Å². The topological polar surface area (TPSA) is 55.8 Å². The standard InChI is InChI=1S/C14H10BrNO4S/c1-2-3-16-13(17)12(21-14(16)18)5-8-4-10-11(6-9(8)15)20-7-19-10/h2,4-6H,1,3,7H2/b12-5-. The number of thioether (sulfide) groups is 1. The monoisotopic (exact) mass is 367 g/mol. The van der Waals surface area contributed by atoms with Gasteiger partial charge in [-0.3, -0.25) is 14.5 Å². The lowest BCUT2D eigenvalue weighted by molar-refractivity contribution is -0.122. The fourth-order valence-electron chi connectivity index (χ4n) is 1.97. The lowest BCUT2D eigenvalue weighted by Gasteiger charge is -2.08. The van der Waals surface area contributed by atoms with Crippen LogP contribution in [0.25, 0.3) is 6.08 Å². The van der Waals surface area contributed by atoms with E-state index in [4.69, 9.17) is 9.47 Å². The number of ether oxygens (including phenoxy) is 2. The lowest BCUT2D eigenvalue weighted by atomic mass is 10.2. The summed E-state index contributed by atoms with van der Waals surface area (Å²) in [6, 6.07) is 3.55. The van der Waals surface area contributed by atoms with E-state index in [0.717, 1.165) is 26.7 Å². The zero-order valence-electron chi connectivity index (χ0n) is 10.8. The van der Waals surface area contributed by atoms with Crippen LogP contribution in [0.3, 0.4) is 0 Å². The Kier molecular flexibility index (Phi) is 3.77. The molecule has 2 aliphatic heterocycles. The second kappa shape index (κ2) is 5.57. The fraction of sp³-hybridized carbons (Fsp3) is 0.143. The van der Waals surface area contributed by atoms with Crippen molar-refractivity contribution in [1.82, 2.24) is 4.90 Å². The summed E-state index contributed by atoms with van der Waals surface area (Å²) < 4.78 is 11.4. The minimum absolute atomic E-state index is 0.182. The molecule has 1 saturated heterocycles. The molecule has 5 nitrogen and oxygen atoms in total. The second-order valence-corrected chi connectivity index (χ2v) is 6.16. The Hall–Kier alpha value is -1.73. The summed E-state index contributed by atoms with van der Waals surface area (Å²) >= 11 is 4.34. The smallest absolute Gasteiger partial charge is 0.293 e. The molecular formula is C14H10BrNO4S. The zero-order valence-corrected chi connectivity index (χ0v) is 13.2. The summed E-state index contributed by atoms with van der Waals surface area (Å²) in [5.41, 5.74) is 0.753. The van der Waals surface area contributed by atoms with Gasteiger partial charge >= 0.3 is 0 Å². The summed E-state index contributed by atoms with van der Waals surface area (Å²) in [4.78, 5) is 25.5. The Labute approximate surface area is 133 Å². The molecule has 0 atom stereocenters. The number of amides is 2. The molecule has 2 amide bonds. The fourth-order valence-corrected chi connectivity index (χ4v) is 3.25. The summed E-state index contributed by atoms with van der Waals surface area (Å²) in [7, 11) is 0.